The predicted octanol–water partition coefficient (Wildman–Crippen LogP) is 6.75. The Morgan fingerprint density at radius 3 is 2.28 bits per heavy atom. The molecule has 2 nitrogen and oxygen atoms in total. The Hall–Kier alpha value is -3.26. The van der Waals surface area contributed by atoms with Crippen LogP contribution < -0.4 is 4.74 Å². The third kappa shape index (κ3) is 3.97. The Labute approximate surface area is 173 Å². The molecule has 0 aliphatic carbocycles. The highest BCUT2D eigenvalue weighted by Gasteiger charge is 2.18. The van der Waals surface area contributed by atoms with Gasteiger partial charge in [-0.05, 0) is 54.7 Å². The van der Waals surface area contributed by atoms with Crippen LogP contribution in [0.4, 0.5) is 0 Å². The third-order valence-corrected chi connectivity index (χ3v) is 5.41. The molecular weight excluding hydrogens is 354 g/mol. The third-order valence-electron chi connectivity index (χ3n) is 5.41. The molecule has 29 heavy (non-hydrogen) atoms. The molecule has 2 heteroatoms. The van der Waals surface area contributed by atoms with E-state index in [1.54, 1.807) is 7.11 Å². The minimum absolute atomic E-state index is 0.868. The van der Waals surface area contributed by atoms with Crippen molar-refractivity contribution in [1.29, 1.82) is 0 Å². The molecule has 4 aromatic rings. The fourth-order valence-corrected chi connectivity index (χ4v) is 3.95. The van der Waals surface area contributed by atoms with Crippen LogP contribution >= 0.6 is 0 Å². The molecule has 0 atom stereocenters. The molecule has 146 valence electrons. The number of benzene rings is 3. The molecule has 0 spiro atoms. The maximum Gasteiger partial charge on any atom is 0.119 e. The van der Waals surface area contributed by atoms with Crippen LogP contribution in [0.5, 0.6) is 5.75 Å². The molecular formula is C27H27NO. The van der Waals surface area contributed by atoms with E-state index in [9.17, 15) is 0 Å². The molecule has 0 unspecified atom stereocenters. The number of hydrogen-bond donors (Lipinski definition) is 0. The van der Waals surface area contributed by atoms with Crippen LogP contribution in [0.1, 0.15) is 23.6 Å². The van der Waals surface area contributed by atoms with Gasteiger partial charge in [-0.15, -0.1) is 0 Å². The molecule has 0 N–H and O–H groups in total. The first kappa shape index (κ1) is 19.1. The summed E-state index contributed by atoms with van der Waals surface area (Å²) < 4.78 is 7.81. The minimum Gasteiger partial charge on any atom is -0.497 e. The van der Waals surface area contributed by atoms with Gasteiger partial charge in [0.1, 0.15) is 5.75 Å². The average Bonchev–Trinajstić information content (AvgIpc) is 3.13. The van der Waals surface area contributed by atoms with Gasteiger partial charge < -0.3 is 9.30 Å². The van der Waals surface area contributed by atoms with E-state index in [0.29, 0.717) is 0 Å². The van der Waals surface area contributed by atoms with Crippen LogP contribution in [0.2, 0.25) is 0 Å². The lowest BCUT2D eigenvalue weighted by molar-refractivity contribution is 0.414. The molecule has 0 aliphatic rings. The van der Waals surface area contributed by atoms with E-state index in [-0.39, 0.29) is 0 Å². The van der Waals surface area contributed by atoms with E-state index in [2.05, 4.69) is 97.4 Å². The second-order valence-corrected chi connectivity index (χ2v) is 7.42. The molecule has 1 aromatic heterocycles. The van der Waals surface area contributed by atoms with Crippen LogP contribution in [-0.2, 0) is 13.0 Å². The molecule has 0 saturated carbocycles. The van der Waals surface area contributed by atoms with Gasteiger partial charge in [0.15, 0.2) is 0 Å². The van der Waals surface area contributed by atoms with E-state index < -0.39 is 0 Å². The van der Waals surface area contributed by atoms with Crippen LogP contribution in [0.3, 0.4) is 0 Å². The van der Waals surface area contributed by atoms with Crippen molar-refractivity contribution < 1.29 is 4.74 Å². The van der Waals surface area contributed by atoms with Gasteiger partial charge >= 0.3 is 0 Å². The van der Waals surface area contributed by atoms with Crippen molar-refractivity contribution >= 4 is 0 Å². The normalized spacial score (nSPS) is 10.9. The minimum atomic E-state index is 0.868. The number of hydrogen-bond acceptors (Lipinski definition) is 1. The van der Waals surface area contributed by atoms with Crippen molar-refractivity contribution in [3.8, 4) is 28.1 Å². The highest BCUT2D eigenvalue weighted by molar-refractivity contribution is 5.85. The Balaban J connectivity index is 1.90. The zero-order chi connectivity index (χ0) is 20.2. The van der Waals surface area contributed by atoms with Crippen LogP contribution in [-0.4, -0.2) is 11.7 Å². The summed E-state index contributed by atoms with van der Waals surface area (Å²) in [7, 11) is 1.72. The maximum atomic E-state index is 5.43. The van der Waals surface area contributed by atoms with Crippen LogP contribution in [0, 0.1) is 6.92 Å². The van der Waals surface area contributed by atoms with E-state index in [4.69, 9.17) is 4.74 Å². The zero-order valence-corrected chi connectivity index (χ0v) is 17.4. The first-order valence-corrected chi connectivity index (χ1v) is 10.2. The van der Waals surface area contributed by atoms with Gasteiger partial charge in [-0.2, -0.15) is 0 Å². The number of rotatable bonds is 6. The Morgan fingerprint density at radius 1 is 0.828 bits per heavy atom. The van der Waals surface area contributed by atoms with Crippen molar-refractivity contribution in [3.05, 3.63) is 102 Å². The van der Waals surface area contributed by atoms with Crippen molar-refractivity contribution in [2.24, 2.45) is 0 Å². The number of aryl methyl sites for hydroxylation is 2. The first-order valence-electron chi connectivity index (χ1n) is 10.2. The van der Waals surface area contributed by atoms with Crippen molar-refractivity contribution in [3.63, 3.8) is 0 Å². The molecule has 3 aromatic carbocycles. The molecule has 0 aliphatic heterocycles. The summed E-state index contributed by atoms with van der Waals surface area (Å²) in [6.45, 7) is 5.28. The van der Waals surface area contributed by atoms with Gasteiger partial charge in [-0.25, -0.2) is 0 Å². The van der Waals surface area contributed by atoms with Gasteiger partial charge in [-0.1, -0.05) is 72.3 Å². The van der Waals surface area contributed by atoms with E-state index in [0.717, 1.165) is 18.7 Å². The number of aromatic nitrogens is 1. The number of ether oxygens (including phenoxy) is 1. The van der Waals surface area contributed by atoms with Gasteiger partial charge in [0.25, 0.3) is 0 Å². The smallest absolute Gasteiger partial charge is 0.119 e. The van der Waals surface area contributed by atoms with Crippen molar-refractivity contribution in [2.75, 3.05) is 7.11 Å². The molecule has 0 bridgehead atoms. The summed E-state index contributed by atoms with van der Waals surface area (Å²) in [5, 5.41) is 0. The van der Waals surface area contributed by atoms with E-state index in [1.807, 2.05) is 6.07 Å². The van der Waals surface area contributed by atoms with E-state index in [1.165, 1.54) is 39.1 Å². The maximum absolute atomic E-state index is 5.43. The molecule has 0 saturated heterocycles. The molecule has 0 radical (unpaired) electrons. The molecule has 0 fully saturated rings. The summed E-state index contributed by atoms with van der Waals surface area (Å²) in [4.78, 5) is 0. The Bertz CT molecular complexity index is 1090. The number of methoxy groups -OCH3 is 1. The highest BCUT2D eigenvalue weighted by Crippen LogP contribution is 2.38. The van der Waals surface area contributed by atoms with Crippen molar-refractivity contribution in [2.45, 2.75) is 26.8 Å². The lowest BCUT2D eigenvalue weighted by Crippen LogP contribution is -1.95. The van der Waals surface area contributed by atoms with Gasteiger partial charge in [0.2, 0.25) is 0 Å². The molecule has 4 rings (SSSR count). The lowest BCUT2D eigenvalue weighted by Gasteiger charge is -2.12. The van der Waals surface area contributed by atoms with Crippen LogP contribution in [0.15, 0.2) is 85.1 Å². The highest BCUT2D eigenvalue weighted by atomic mass is 16.5. The lowest BCUT2D eigenvalue weighted by atomic mass is 9.94. The predicted molar refractivity (Wildman–Crippen MR) is 122 cm³/mol. The fraction of sp³-hybridized carbons (Fsp3) is 0.185. The summed E-state index contributed by atoms with van der Waals surface area (Å²) in [5.74, 6) is 0.901. The second kappa shape index (κ2) is 8.40. The largest absolute Gasteiger partial charge is 0.497 e. The first-order chi connectivity index (χ1) is 14.2. The van der Waals surface area contributed by atoms with E-state index >= 15 is 0 Å². The van der Waals surface area contributed by atoms with Gasteiger partial charge in [0.05, 0.1) is 12.8 Å². The van der Waals surface area contributed by atoms with Gasteiger partial charge in [0, 0.05) is 18.3 Å². The van der Waals surface area contributed by atoms with Gasteiger partial charge in [-0.3, -0.25) is 0 Å². The van der Waals surface area contributed by atoms with Crippen LogP contribution in [0.25, 0.3) is 22.4 Å². The Morgan fingerprint density at radius 2 is 1.59 bits per heavy atom. The number of nitrogens with zero attached hydrogens (tertiary/aromatic N) is 1. The monoisotopic (exact) mass is 381 g/mol. The quantitative estimate of drug-likeness (QED) is 0.360. The topological polar surface area (TPSA) is 14.2 Å². The SMILES string of the molecule is CCn1cc(Cc2cccc(OC)c2)c(-c2ccc(C)cc2)c1-c1ccccc1. The second-order valence-electron chi connectivity index (χ2n) is 7.42. The summed E-state index contributed by atoms with van der Waals surface area (Å²) in [5.41, 5.74) is 8.99. The summed E-state index contributed by atoms with van der Waals surface area (Å²) in [6.07, 6.45) is 3.18. The zero-order valence-electron chi connectivity index (χ0n) is 17.4. The fourth-order valence-electron chi connectivity index (χ4n) is 3.95. The summed E-state index contributed by atoms with van der Waals surface area (Å²) in [6, 6.07) is 28.0. The molecule has 0 amide bonds. The Kier molecular flexibility index (Phi) is 5.53. The molecule has 1 heterocycles. The van der Waals surface area contributed by atoms with Crippen molar-refractivity contribution in [1.82, 2.24) is 4.57 Å². The average molecular weight is 382 g/mol. The summed E-state index contributed by atoms with van der Waals surface area (Å²) >= 11 is 0. The standard InChI is InChI=1S/C27H27NO/c1-4-28-19-24(17-21-9-8-12-25(18-21)29-3)26(22-15-13-20(2)14-16-22)27(28)23-10-6-5-7-11-23/h5-16,18-19H,4,17H2,1-3H3.